The number of aryl methyl sites for hydroxylation is 2. The van der Waals surface area contributed by atoms with Crippen LogP contribution in [0.1, 0.15) is 26.1 Å². The summed E-state index contributed by atoms with van der Waals surface area (Å²) in [5.41, 5.74) is 0. The fourth-order valence-corrected chi connectivity index (χ4v) is 1.15. The fourth-order valence-electron chi connectivity index (χ4n) is 1.15. The molecule has 0 saturated carbocycles. The third-order valence-electron chi connectivity index (χ3n) is 1.65. The topological polar surface area (TPSA) is 19.7 Å². The van der Waals surface area contributed by atoms with Gasteiger partial charge in [-0.3, -0.25) is 0 Å². The Kier molecular flexibility index (Phi) is 2.49. The SMILES string of the molecule is CCC[n+]1cc[nH]c1CC. The van der Waals surface area contributed by atoms with Gasteiger partial charge in [0.1, 0.15) is 12.4 Å². The molecule has 1 aromatic rings. The van der Waals surface area contributed by atoms with Crippen LogP contribution in [0.25, 0.3) is 0 Å². The van der Waals surface area contributed by atoms with E-state index in [4.69, 9.17) is 0 Å². The standard InChI is InChI=1S/C8H14N2/c1-3-6-10-7-5-9-8(10)4-2/h5,7H,3-4,6H2,1-2H3/p+1. The van der Waals surface area contributed by atoms with Gasteiger partial charge in [0.15, 0.2) is 0 Å². The van der Waals surface area contributed by atoms with E-state index in [0.717, 1.165) is 13.0 Å². The number of hydrogen-bond acceptors (Lipinski definition) is 0. The van der Waals surface area contributed by atoms with E-state index in [9.17, 15) is 0 Å². The van der Waals surface area contributed by atoms with Gasteiger partial charge in [0, 0.05) is 6.42 Å². The fraction of sp³-hybridized carbons (Fsp3) is 0.625. The summed E-state index contributed by atoms with van der Waals surface area (Å²) in [4.78, 5) is 3.20. The zero-order chi connectivity index (χ0) is 7.40. The van der Waals surface area contributed by atoms with Gasteiger partial charge in [-0.2, -0.15) is 0 Å². The van der Waals surface area contributed by atoms with E-state index in [2.05, 4.69) is 29.6 Å². The predicted octanol–water partition coefficient (Wildman–Crippen LogP) is 1.27. The Morgan fingerprint density at radius 2 is 2.30 bits per heavy atom. The van der Waals surface area contributed by atoms with Crippen LogP contribution in [0.2, 0.25) is 0 Å². The largest absolute Gasteiger partial charge is 0.253 e. The van der Waals surface area contributed by atoms with E-state index in [1.54, 1.807) is 0 Å². The average molecular weight is 139 g/mol. The first-order valence-corrected chi connectivity index (χ1v) is 3.94. The molecule has 2 nitrogen and oxygen atoms in total. The molecule has 0 bridgehead atoms. The van der Waals surface area contributed by atoms with Gasteiger partial charge in [0.05, 0.1) is 6.54 Å². The van der Waals surface area contributed by atoms with E-state index in [-0.39, 0.29) is 0 Å². The molecule has 1 heterocycles. The van der Waals surface area contributed by atoms with Gasteiger partial charge in [-0.25, -0.2) is 9.55 Å². The highest BCUT2D eigenvalue weighted by Crippen LogP contribution is 1.87. The Morgan fingerprint density at radius 3 is 2.90 bits per heavy atom. The predicted molar refractivity (Wildman–Crippen MR) is 40.7 cm³/mol. The quantitative estimate of drug-likeness (QED) is 0.608. The molecule has 0 unspecified atom stereocenters. The first-order chi connectivity index (χ1) is 4.88. The minimum absolute atomic E-state index is 1.09. The normalized spacial score (nSPS) is 10.2. The van der Waals surface area contributed by atoms with Crippen LogP contribution in [-0.4, -0.2) is 4.98 Å². The van der Waals surface area contributed by atoms with Gasteiger partial charge in [0.2, 0.25) is 0 Å². The summed E-state index contributed by atoms with van der Waals surface area (Å²) in [7, 11) is 0. The highest BCUT2D eigenvalue weighted by molar-refractivity contribution is 4.74. The molecule has 0 spiro atoms. The Balaban J connectivity index is 2.70. The van der Waals surface area contributed by atoms with Crippen molar-refractivity contribution in [3.8, 4) is 0 Å². The molecule has 2 heteroatoms. The van der Waals surface area contributed by atoms with E-state index in [0.29, 0.717) is 0 Å². The number of H-pyrrole nitrogens is 1. The van der Waals surface area contributed by atoms with Crippen molar-refractivity contribution >= 4 is 0 Å². The lowest BCUT2D eigenvalue weighted by atomic mass is 10.4. The lowest BCUT2D eigenvalue weighted by Crippen LogP contribution is -2.35. The summed E-state index contributed by atoms with van der Waals surface area (Å²) in [6, 6.07) is 0. The maximum absolute atomic E-state index is 3.20. The maximum atomic E-state index is 3.20. The number of nitrogens with one attached hydrogen (secondary N) is 1. The van der Waals surface area contributed by atoms with Crippen LogP contribution >= 0.6 is 0 Å². The van der Waals surface area contributed by atoms with Crippen molar-refractivity contribution in [2.24, 2.45) is 0 Å². The van der Waals surface area contributed by atoms with Crippen molar-refractivity contribution in [2.45, 2.75) is 33.2 Å². The van der Waals surface area contributed by atoms with E-state index in [1.807, 2.05) is 6.20 Å². The molecule has 0 amide bonds. The van der Waals surface area contributed by atoms with Crippen LogP contribution in [0.4, 0.5) is 0 Å². The lowest BCUT2D eigenvalue weighted by molar-refractivity contribution is -0.702. The van der Waals surface area contributed by atoms with Gasteiger partial charge in [-0.15, -0.1) is 0 Å². The molecule has 0 atom stereocenters. The van der Waals surface area contributed by atoms with Gasteiger partial charge in [0.25, 0.3) is 5.82 Å². The first-order valence-electron chi connectivity index (χ1n) is 3.94. The van der Waals surface area contributed by atoms with Crippen LogP contribution in [0.15, 0.2) is 12.4 Å². The molecule has 0 aliphatic carbocycles. The summed E-state index contributed by atoms with van der Waals surface area (Å²) in [5.74, 6) is 1.32. The molecule has 0 aromatic carbocycles. The highest BCUT2D eigenvalue weighted by Gasteiger charge is 2.04. The number of aromatic amines is 1. The zero-order valence-corrected chi connectivity index (χ0v) is 6.72. The van der Waals surface area contributed by atoms with Crippen LogP contribution in [-0.2, 0) is 13.0 Å². The number of rotatable bonds is 3. The van der Waals surface area contributed by atoms with Crippen molar-refractivity contribution in [2.75, 3.05) is 0 Å². The summed E-state index contributed by atoms with van der Waals surface area (Å²) in [6.07, 6.45) is 6.39. The van der Waals surface area contributed by atoms with Crippen molar-refractivity contribution in [1.29, 1.82) is 0 Å². The average Bonchev–Trinajstić information content (AvgIpc) is 2.36. The molecule has 0 radical (unpaired) electrons. The number of imidazole rings is 1. The monoisotopic (exact) mass is 139 g/mol. The van der Waals surface area contributed by atoms with E-state index >= 15 is 0 Å². The Bertz CT molecular complexity index is 191. The molecule has 10 heavy (non-hydrogen) atoms. The summed E-state index contributed by atoms with van der Waals surface area (Å²) < 4.78 is 2.26. The smallest absolute Gasteiger partial charge is 0.248 e. The second-order valence-corrected chi connectivity index (χ2v) is 2.45. The van der Waals surface area contributed by atoms with Gasteiger partial charge in [-0.1, -0.05) is 13.8 Å². The first kappa shape index (κ1) is 7.32. The Hall–Kier alpha value is -0.790. The molecule has 1 aromatic heterocycles. The van der Waals surface area contributed by atoms with E-state index in [1.165, 1.54) is 12.2 Å². The van der Waals surface area contributed by atoms with Gasteiger partial charge >= 0.3 is 0 Å². The van der Waals surface area contributed by atoms with E-state index < -0.39 is 0 Å². The third kappa shape index (κ3) is 1.38. The van der Waals surface area contributed by atoms with Crippen molar-refractivity contribution in [1.82, 2.24) is 4.98 Å². The molecule has 0 aliphatic rings. The molecule has 1 N–H and O–H groups in total. The van der Waals surface area contributed by atoms with Gasteiger partial charge < -0.3 is 0 Å². The molecule has 0 aliphatic heterocycles. The molecular formula is C8H15N2+. The number of aromatic nitrogens is 2. The molecule has 56 valence electrons. The highest BCUT2D eigenvalue weighted by atomic mass is 15.0. The Morgan fingerprint density at radius 1 is 1.50 bits per heavy atom. The number of nitrogens with zero attached hydrogens (tertiary/aromatic N) is 1. The molecular weight excluding hydrogens is 124 g/mol. The maximum Gasteiger partial charge on any atom is 0.253 e. The molecule has 1 rings (SSSR count). The van der Waals surface area contributed by atoms with Gasteiger partial charge in [-0.05, 0) is 6.42 Å². The Labute approximate surface area is 61.9 Å². The number of hydrogen-bond donors (Lipinski definition) is 1. The zero-order valence-electron chi connectivity index (χ0n) is 6.72. The van der Waals surface area contributed by atoms with Crippen LogP contribution in [0.3, 0.4) is 0 Å². The summed E-state index contributed by atoms with van der Waals surface area (Å²) in [5, 5.41) is 0. The van der Waals surface area contributed by atoms with Crippen molar-refractivity contribution in [3.05, 3.63) is 18.2 Å². The minimum Gasteiger partial charge on any atom is -0.248 e. The van der Waals surface area contributed by atoms with Crippen molar-refractivity contribution < 1.29 is 4.57 Å². The van der Waals surface area contributed by atoms with Crippen molar-refractivity contribution in [3.63, 3.8) is 0 Å². The van der Waals surface area contributed by atoms with Crippen LogP contribution in [0, 0.1) is 0 Å². The van der Waals surface area contributed by atoms with Crippen LogP contribution < -0.4 is 4.57 Å². The molecule has 0 fully saturated rings. The second kappa shape index (κ2) is 3.40. The lowest BCUT2D eigenvalue weighted by Gasteiger charge is -1.93. The minimum atomic E-state index is 1.09. The molecule has 0 saturated heterocycles. The second-order valence-electron chi connectivity index (χ2n) is 2.45. The summed E-state index contributed by atoms with van der Waals surface area (Å²) in [6.45, 7) is 5.49. The third-order valence-corrected chi connectivity index (χ3v) is 1.65. The summed E-state index contributed by atoms with van der Waals surface area (Å²) >= 11 is 0. The van der Waals surface area contributed by atoms with Crippen LogP contribution in [0.5, 0.6) is 0 Å².